The van der Waals surface area contributed by atoms with Gasteiger partial charge < -0.3 is 5.32 Å². The predicted molar refractivity (Wildman–Crippen MR) is 65.7 cm³/mol. The highest BCUT2D eigenvalue weighted by molar-refractivity contribution is 5.40. The van der Waals surface area contributed by atoms with E-state index < -0.39 is 0 Å². The molecule has 0 aromatic heterocycles. The molecule has 0 radical (unpaired) electrons. The fourth-order valence-electron chi connectivity index (χ4n) is 2.49. The van der Waals surface area contributed by atoms with Gasteiger partial charge in [-0.05, 0) is 30.0 Å². The molecule has 1 nitrogen and oxygen atoms in total. The van der Waals surface area contributed by atoms with Crippen molar-refractivity contribution in [3.05, 3.63) is 35.5 Å². The molecular formula is C14H21N. The van der Waals surface area contributed by atoms with Gasteiger partial charge in [-0.15, -0.1) is 0 Å². The van der Waals surface area contributed by atoms with Gasteiger partial charge in [-0.3, -0.25) is 0 Å². The molecule has 0 spiro atoms. The second-order valence-corrected chi connectivity index (χ2v) is 5.09. The van der Waals surface area contributed by atoms with Gasteiger partial charge in [-0.1, -0.05) is 45.1 Å². The summed E-state index contributed by atoms with van der Waals surface area (Å²) in [6.45, 7) is 9.17. The lowest BCUT2D eigenvalue weighted by Crippen LogP contribution is -2.35. The smallest absolute Gasteiger partial charge is 0.0179 e. The lowest BCUT2D eigenvalue weighted by Gasteiger charge is -2.37. The molecule has 1 heteroatoms. The van der Waals surface area contributed by atoms with Crippen LogP contribution in [0.4, 0.5) is 0 Å². The van der Waals surface area contributed by atoms with Gasteiger partial charge in [0.25, 0.3) is 0 Å². The Balaban J connectivity index is 2.46. The first-order valence-corrected chi connectivity index (χ1v) is 5.93. The van der Waals surface area contributed by atoms with Crippen LogP contribution in [0.1, 0.15) is 27.2 Å². The van der Waals surface area contributed by atoms with E-state index in [1.807, 2.05) is 0 Å². The molecule has 2 aliphatic rings. The monoisotopic (exact) mass is 203 g/mol. The van der Waals surface area contributed by atoms with Crippen molar-refractivity contribution < 1.29 is 0 Å². The maximum Gasteiger partial charge on any atom is 0.0179 e. The van der Waals surface area contributed by atoms with E-state index in [0.717, 1.165) is 13.1 Å². The van der Waals surface area contributed by atoms with Gasteiger partial charge in [0.15, 0.2) is 0 Å². The zero-order chi connectivity index (χ0) is 10.9. The van der Waals surface area contributed by atoms with Gasteiger partial charge in [-0.25, -0.2) is 0 Å². The molecule has 15 heavy (non-hydrogen) atoms. The topological polar surface area (TPSA) is 12.0 Å². The van der Waals surface area contributed by atoms with Crippen molar-refractivity contribution >= 4 is 0 Å². The molecule has 0 saturated carbocycles. The summed E-state index contributed by atoms with van der Waals surface area (Å²) in [4.78, 5) is 0. The number of nitrogens with one attached hydrogen (secondary N) is 1. The van der Waals surface area contributed by atoms with E-state index in [4.69, 9.17) is 0 Å². The third-order valence-corrected chi connectivity index (χ3v) is 3.96. The zero-order valence-corrected chi connectivity index (χ0v) is 10.0. The van der Waals surface area contributed by atoms with Gasteiger partial charge in [0.1, 0.15) is 0 Å². The summed E-state index contributed by atoms with van der Waals surface area (Å²) < 4.78 is 0. The summed E-state index contributed by atoms with van der Waals surface area (Å²) in [6, 6.07) is 0. The molecule has 1 N–H and O–H groups in total. The van der Waals surface area contributed by atoms with E-state index in [1.165, 1.54) is 6.42 Å². The third-order valence-electron chi connectivity index (χ3n) is 3.96. The molecule has 82 valence electrons. The maximum atomic E-state index is 3.50. The van der Waals surface area contributed by atoms with Crippen molar-refractivity contribution in [1.82, 2.24) is 5.32 Å². The van der Waals surface area contributed by atoms with Crippen LogP contribution in [-0.4, -0.2) is 13.1 Å². The molecule has 1 unspecified atom stereocenters. The first-order valence-electron chi connectivity index (χ1n) is 5.93. The maximum absolute atomic E-state index is 3.50. The lowest BCUT2D eigenvalue weighted by atomic mass is 9.70. The van der Waals surface area contributed by atoms with E-state index in [2.05, 4.69) is 50.4 Å². The minimum Gasteiger partial charge on any atom is -0.313 e. The highest BCUT2D eigenvalue weighted by atomic mass is 14.9. The predicted octanol–water partition coefficient (Wildman–Crippen LogP) is 3.06. The van der Waals surface area contributed by atoms with Crippen LogP contribution < -0.4 is 5.32 Å². The van der Waals surface area contributed by atoms with Crippen molar-refractivity contribution in [2.24, 2.45) is 11.3 Å². The fraction of sp³-hybridized carbons (Fsp3) is 0.571. The van der Waals surface area contributed by atoms with Crippen molar-refractivity contribution in [2.45, 2.75) is 27.2 Å². The van der Waals surface area contributed by atoms with Crippen molar-refractivity contribution in [1.29, 1.82) is 0 Å². The molecule has 1 aliphatic carbocycles. The number of hydrogen-bond acceptors (Lipinski definition) is 1. The normalized spacial score (nSPS) is 30.7. The summed E-state index contributed by atoms with van der Waals surface area (Å²) >= 11 is 0. The highest BCUT2D eigenvalue weighted by Crippen LogP contribution is 2.41. The molecule has 0 aromatic carbocycles. The quantitative estimate of drug-likeness (QED) is 0.690. The van der Waals surface area contributed by atoms with Gasteiger partial charge in [0.2, 0.25) is 0 Å². The van der Waals surface area contributed by atoms with E-state index >= 15 is 0 Å². The average molecular weight is 203 g/mol. The summed E-state index contributed by atoms with van der Waals surface area (Å²) in [5.74, 6) is 0.651. The summed E-state index contributed by atoms with van der Waals surface area (Å²) in [5.41, 5.74) is 3.37. The van der Waals surface area contributed by atoms with E-state index in [0.29, 0.717) is 5.92 Å². The minimum atomic E-state index is 0.228. The van der Waals surface area contributed by atoms with E-state index in [-0.39, 0.29) is 5.41 Å². The van der Waals surface area contributed by atoms with Crippen LogP contribution >= 0.6 is 0 Å². The molecule has 0 saturated heterocycles. The number of rotatable bonds is 1. The molecule has 0 bridgehead atoms. The molecule has 1 heterocycles. The standard InChI is InChI=1S/C14H21N/c1-11(2)14(3)8-5-4-6-12-7-9-15-10-13(12)14/h4-6,8,11,15H,7,9-10H2,1-3H3. The Bertz CT molecular complexity index is 333. The van der Waals surface area contributed by atoms with Crippen LogP contribution in [0.3, 0.4) is 0 Å². The second-order valence-electron chi connectivity index (χ2n) is 5.09. The Morgan fingerprint density at radius 2 is 2.13 bits per heavy atom. The summed E-state index contributed by atoms with van der Waals surface area (Å²) in [7, 11) is 0. The Morgan fingerprint density at radius 1 is 1.33 bits per heavy atom. The molecule has 0 amide bonds. The second kappa shape index (κ2) is 3.97. The van der Waals surface area contributed by atoms with Crippen LogP contribution in [0.2, 0.25) is 0 Å². The Kier molecular flexibility index (Phi) is 2.83. The molecular weight excluding hydrogens is 182 g/mol. The Morgan fingerprint density at radius 3 is 2.87 bits per heavy atom. The fourth-order valence-corrected chi connectivity index (χ4v) is 2.49. The van der Waals surface area contributed by atoms with E-state index in [9.17, 15) is 0 Å². The van der Waals surface area contributed by atoms with Crippen molar-refractivity contribution in [3.63, 3.8) is 0 Å². The van der Waals surface area contributed by atoms with Crippen LogP contribution in [0, 0.1) is 11.3 Å². The molecule has 1 atom stereocenters. The van der Waals surface area contributed by atoms with Gasteiger partial charge in [0, 0.05) is 12.0 Å². The van der Waals surface area contributed by atoms with Gasteiger partial charge >= 0.3 is 0 Å². The highest BCUT2D eigenvalue weighted by Gasteiger charge is 2.32. The van der Waals surface area contributed by atoms with Gasteiger partial charge in [0.05, 0.1) is 0 Å². The van der Waals surface area contributed by atoms with Crippen LogP contribution in [0.25, 0.3) is 0 Å². The van der Waals surface area contributed by atoms with E-state index in [1.54, 1.807) is 11.1 Å². The molecule has 2 rings (SSSR count). The summed E-state index contributed by atoms with van der Waals surface area (Å²) in [5, 5.41) is 3.50. The zero-order valence-electron chi connectivity index (χ0n) is 10.0. The molecule has 1 aliphatic heterocycles. The number of hydrogen-bond donors (Lipinski definition) is 1. The van der Waals surface area contributed by atoms with Crippen LogP contribution in [0.15, 0.2) is 35.5 Å². The first-order chi connectivity index (χ1) is 7.14. The first kappa shape index (κ1) is 10.7. The van der Waals surface area contributed by atoms with Crippen LogP contribution in [-0.2, 0) is 0 Å². The Hall–Kier alpha value is -0.820. The largest absolute Gasteiger partial charge is 0.313 e. The SMILES string of the molecule is CC(C)C1(C)C=CC=CC2=C1CNCC2. The molecule has 0 aromatic rings. The Labute approximate surface area is 93.0 Å². The third kappa shape index (κ3) is 1.81. The lowest BCUT2D eigenvalue weighted by molar-refractivity contribution is 0.342. The van der Waals surface area contributed by atoms with Crippen molar-refractivity contribution in [2.75, 3.05) is 13.1 Å². The summed E-state index contributed by atoms with van der Waals surface area (Å²) in [6.07, 6.45) is 10.2. The average Bonchev–Trinajstić information content (AvgIpc) is 2.40. The number of allylic oxidation sites excluding steroid dienone is 4. The van der Waals surface area contributed by atoms with Crippen LogP contribution in [0.5, 0.6) is 0 Å². The minimum absolute atomic E-state index is 0.228. The molecule has 0 fully saturated rings. The van der Waals surface area contributed by atoms with Crippen molar-refractivity contribution in [3.8, 4) is 0 Å². The van der Waals surface area contributed by atoms with Gasteiger partial charge in [-0.2, -0.15) is 0 Å².